The van der Waals surface area contributed by atoms with Crippen LogP contribution in [-0.2, 0) is 11.4 Å². The van der Waals surface area contributed by atoms with Crippen LogP contribution in [0.5, 0.6) is 5.75 Å². The molecule has 6 heteroatoms. The van der Waals surface area contributed by atoms with Crippen LogP contribution in [0, 0.1) is 11.3 Å². The van der Waals surface area contributed by atoms with Gasteiger partial charge in [-0.3, -0.25) is 0 Å². The number of rotatable bonds is 11. The van der Waals surface area contributed by atoms with Crippen LogP contribution in [0.25, 0.3) is 0 Å². The van der Waals surface area contributed by atoms with E-state index < -0.39 is 0 Å². The van der Waals surface area contributed by atoms with Gasteiger partial charge in [-0.1, -0.05) is 56.1 Å². The minimum absolute atomic E-state index is 0.123. The van der Waals surface area contributed by atoms with Crippen molar-refractivity contribution >= 4 is 18.2 Å². The molecule has 0 unspecified atom stereocenters. The Labute approximate surface area is 202 Å². The summed E-state index contributed by atoms with van der Waals surface area (Å²) in [6.07, 6.45) is 9.39. The standard InChI is InChI=1S/C26H29N3O3.C2H6/c27-16-22-6-5-20(15-26(22)28-17-19-3-1-2-4-19)18-31-23-9-7-21(8-10-23)24(11-13-30)25-12-14-32-29-25;1-2/h5-10,12-16,19,24,27-28H,1-4,11,17-18H2;1-2H3/t24-;/m0./s1. The minimum Gasteiger partial charge on any atom is -0.489 e. The summed E-state index contributed by atoms with van der Waals surface area (Å²) in [5.74, 6) is 1.37. The smallest absolute Gasteiger partial charge is 0.124 e. The van der Waals surface area contributed by atoms with Gasteiger partial charge >= 0.3 is 0 Å². The van der Waals surface area contributed by atoms with E-state index in [0.29, 0.717) is 13.0 Å². The first kappa shape index (κ1) is 25.2. The molecule has 180 valence electrons. The van der Waals surface area contributed by atoms with Crippen LogP contribution in [0.2, 0.25) is 0 Å². The molecule has 1 fully saturated rings. The maximum atomic E-state index is 11.1. The summed E-state index contributed by atoms with van der Waals surface area (Å²) in [7, 11) is 0. The third-order valence-corrected chi connectivity index (χ3v) is 6.16. The molecule has 4 rings (SSSR count). The first-order valence-corrected chi connectivity index (χ1v) is 12.2. The number of aldehydes is 1. The van der Waals surface area contributed by atoms with Gasteiger partial charge < -0.3 is 24.8 Å². The van der Waals surface area contributed by atoms with Crippen molar-refractivity contribution in [1.29, 1.82) is 5.41 Å². The fourth-order valence-corrected chi connectivity index (χ4v) is 4.33. The van der Waals surface area contributed by atoms with Crippen molar-refractivity contribution in [2.75, 3.05) is 11.9 Å². The molecule has 1 saturated carbocycles. The van der Waals surface area contributed by atoms with Crippen LogP contribution in [0.15, 0.2) is 59.3 Å². The first-order chi connectivity index (χ1) is 16.8. The molecule has 0 spiro atoms. The van der Waals surface area contributed by atoms with Crippen LogP contribution < -0.4 is 10.1 Å². The van der Waals surface area contributed by atoms with Crippen molar-refractivity contribution in [1.82, 2.24) is 5.16 Å². The van der Waals surface area contributed by atoms with Gasteiger partial charge in [-0.2, -0.15) is 0 Å². The third kappa shape index (κ3) is 6.80. The van der Waals surface area contributed by atoms with Crippen molar-refractivity contribution in [2.45, 2.75) is 58.5 Å². The molecular weight excluding hydrogens is 426 g/mol. The minimum atomic E-state index is -0.123. The van der Waals surface area contributed by atoms with Crippen LogP contribution in [-0.4, -0.2) is 24.2 Å². The molecule has 0 amide bonds. The first-order valence-electron chi connectivity index (χ1n) is 12.2. The highest BCUT2D eigenvalue weighted by Crippen LogP contribution is 2.28. The predicted octanol–water partition coefficient (Wildman–Crippen LogP) is 6.60. The highest BCUT2D eigenvalue weighted by molar-refractivity contribution is 5.86. The van der Waals surface area contributed by atoms with E-state index >= 15 is 0 Å². The molecule has 1 heterocycles. The van der Waals surface area contributed by atoms with E-state index in [2.05, 4.69) is 16.5 Å². The number of benzene rings is 2. The quantitative estimate of drug-likeness (QED) is 0.248. The Morgan fingerprint density at radius 2 is 1.91 bits per heavy atom. The molecule has 1 aliphatic carbocycles. The molecule has 0 radical (unpaired) electrons. The normalized spacial score (nSPS) is 14.1. The summed E-state index contributed by atoms with van der Waals surface area (Å²) in [6, 6.07) is 15.6. The lowest BCUT2D eigenvalue weighted by atomic mass is 9.93. The molecule has 2 aromatic carbocycles. The average molecular weight is 462 g/mol. The summed E-state index contributed by atoms with van der Waals surface area (Å²) in [6.45, 7) is 5.40. The van der Waals surface area contributed by atoms with Crippen molar-refractivity contribution in [3.05, 3.63) is 77.2 Å². The number of anilines is 1. The summed E-state index contributed by atoms with van der Waals surface area (Å²) in [5.41, 5.74) is 4.68. The van der Waals surface area contributed by atoms with Gasteiger partial charge in [0.05, 0.1) is 5.69 Å². The topological polar surface area (TPSA) is 88.2 Å². The van der Waals surface area contributed by atoms with Gasteiger partial charge in [0.25, 0.3) is 0 Å². The summed E-state index contributed by atoms with van der Waals surface area (Å²) in [4.78, 5) is 11.1. The zero-order valence-electron chi connectivity index (χ0n) is 20.1. The molecule has 3 aromatic rings. The van der Waals surface area contributed by atoms with Crippen LogP contribution in [0.1, 0.15) is 74.3 Å². The monoisotopic (exact) mass is 461 g/mol. The predicted molar refractivity (Wildman–Crippen MR) is 136 cm³/mol. The Kier molecular flexibility index (Phi) is 9.89. The Morgan fingerprint density at radius 3 is 2.56 bits per heavy atom. The zero-order chi connectivity index (χ0) is 24.2. The number of nitrogens with zero attached hydrogens (tertiary/aromatic N) is 1. The second kappa shape index (κ2) is 13.3. The summed E-state index contributed by atoms with van der Waals surface area (Å²) < 4.78 is 10.9. The molecule has 0 bridgehead atoms. The number of ether oxygens (including phenoxy) is 1. The zero-order valence-corrected chi connectivity index (χ0v) is 20.1. The van der Waals surface area contributed by atoms with Gasteiger partial charge in [-0.25, -0.2) is 0 Å². The van der Waals surface area contributed by atoms with E-state index in [1.165, 1.54) is 38.2 Å². The molecular formula is C28H35N3O3. The van der Waals surface area contributed by atoms with Crippen molar-refractivity contribution < 1.29 is 14.1 Å². The molecule has 2 N–H and O–H groups in total. The number of nitrogens with one attached hydrogen (secondary N) is 2. The molecule has 34 heavy (non-hydrogen) atoms. The average Bonchev–Trinajstić information content (AvgIpc) is 3.61. The van der Waals surface area contributed by atoms with E-state index in [4.69, 9.17) is 14.7 Å². The van der Waals surface area contributed by atoms with Gasteiger partial charge in [0.2, 0.25) is 0 Å². The fraction of sp³-hybridized carbons (Fsp3) is 0.393. The van der Waals surface area contributed by atoms with Crippen LogP contribution in [0.3, 0.4) is 0 Å². The number of carbonyl (C=O) groups is 1. The van der Waals surface area contributed by atoms with Gasteiger partial charge in [0, 0.05) is 42.4 Å². The largest absolute Gasteiger partial charge is 0.489 e. The summed E-state index contributed by atoms with van der Waals surface area (Å²) in [5, 5.41) is 15.2. The van der Waals surface area contributed by atoms with Gasteiger partial charge in [0.15, 0.2) is 0 Å². The number of hydrogen-bond acceptors (Lipinski definition) is 6. The molecule has 1 aromatic heterocycles. The lowest BCUT2D eigenvalue weighted by Crippen LogP contribution is -2.12. The maximum absolute atomic E-state index is 11.1. The fourth-order valence-electron chi connectivity index (χ4n) is 4.33. The van der Waals surface area contributed by atoms with E-state index in [1.54, 1.807) is 6.07 Å². The molecule has 1 atom stereocenters. The van der Waals surface area contributed by atoms with Crippen LogP contribution in [0.4, 0.5) is 5.69 Å². The number of carbonyl (C=O) groups excluding carboxylic acids is 1. The SMILES string of the molecule is CC.N=Cc1ccc(COc2ccc([C@H](CC=O)c3ccon3)cc2)cc1NCC1CCCC1. The molecule has 1 aliphatic rings. The second-order valence-electron chi connectivity index (χ2n) is 8.33. The highest BCUT2D eigenvalue weighted by atomic mass is 16.5. The molecule has 0 saturated heterocycles. The Balaban J connectivity index is 0.00000158. The molecule has 6 nitrogen and oxygen atoms in total. The van der Waals surface area contributed by atoms with Crippen molar-refractivity contribution in [3.63, 3.8) is 0 Å². The van der Waals surface area contributed by atoms with E-state index in [9.17, 15) is 4.79 Å². The highest BCUT2D eigenvalue weighted by Gasteiger charge is 2.17. The van der Waals surface area contributed by atoms with Gasteiger partial charge in [0.1, 0.15) is 24.9 Å². The Hall–Kier alpha value is -3.41. The lowest BCUT2D eigenvalue weighted by molar-refractivity contribution is -0.108. The van der Waals surface area contributed by atoms with E-state index in [0.717, 1.165) is 52.6 Å². The lowest BCUT2D eigenvalue weighted by Gasteiger charge is -2.16. The van der Waals surface area contributed by atoms with Crippen molar-refractivity contribution in [2.24, 2.45) is 5.92 Å². The third-order valence-electron chi connectivity index (χ3n) is 6.16. The summed E-state index contributed by atoms with van der Waals surface area (Å²) >= 11 is 0. The number of aromatic nitrogens is 1. The van der Waals surface area contributed by atoms with E-state index in [1.807, 2.05) is 50.2 Å². The Bertz CT molecular complexity index is 1010. The van der Waals surface area contributed by atoms with E-state index in [-0.39, 0.29) is 5.92 Å². The Morgan fingerprint density at radius 1 is 1.15 bits per heavy atom. The number of hydrogen-bond donors (Lipinski definition) is 2. The molecule has 0 aliphatic heterocycles. The van der Waals surface area contributed by atoms with Gasteiger partial charge in [-0.15, -0.1) is 0 Å². The second-order valence-corrected chi connectivity index (χ2v) is 8.33. The van der Waals surface area contributed by atoms with Gasteiger partial charge in [-0.05, 0) is 48.1 Å². The van der Waals surface area contributed by atoms with Crippen LogP contribution >= 0.6 is 0 Å². The maximum Gasteiger partial charge on any atom is 0.124 e. The van der Waals surface area contributed by atoms with Crippen molar-refractivity contribution in [3.8, 4) is 5.75 Å².